The van der Waals surface area contributed by atoms with Gasteiger partial charge >= 0.3 is 0 Å². The Morgan fingerprint density at radius 3 is 2.55 bits per heavy atom. The van der Waals surface area contributed by atoms with Crippen LogP contribution in [0.2, 0.25) is 0 Å². The van der Waals surface area contributed by atoms with E-state index in [4.69, 9.17) is 9.72 Å². The van der Waals surface area contributed by atoms with Crippen LogP contribution < -0.4 is 15.6 Å². The highest BCUT2D eigenvalue weighted by atomic mass is 16.5. The summed E-state index contributed by atoms with van der Waals surface area (Å²) in [5.41, 5.74) is 4.68. The number of aromatic nitrogens is 2. The summed E-state index contributed by atoms with van der Waals surface area (Å²) in [5.74, 6) is 0.885. The van der Waals surface area contributed by atoms with E-state index in [0.717, 1.165) is 34.3 Å². The zero-order chi connectivity index (χ0) is 22.2. The molecule has 0 atom stereocenters. The maximum absolute atomic E-state index is 5.47. The molecule has 1 heterocycles. The fourth-order valence-electron chi connectivity index (χ4n) is 3.26. The van der Waals surface area contributed by atoms with Crippen molar-refractivity contribution in [3.63, 3.8) is 0 Å². The van der Waals surface area contributed by atoms with Crippen molar-refractivity contribution in [3.05, 3.63) is 94.4 Å². The van der Waals surface area contributed by atoms with Crippen LogP contribution in [0, 0.1) is 6.92 Å². The van der Waals surface area contributed by atoms with E-state index < -0.39 is 0 Å². The van der Waals surface area contributed by atoms with Gasteiger partial charge in [-0.05, 0) is 47.9 Å². The Kier molecular flexibility index (Phi) is 7.63. The molecular formula is C27H31N3O. The predicted octanol–water partition coefficient (Wildman–Crippen LogP) is 3.78. The van der Waals surface area contributed by atoms with Crippen molar-refractivity contribution in [3.8, 4) is 0 Å². The molecular weight excluding hydrogens is 382 g/mol. The number of hydrogen-bond donors (Lipinski definition) is 0. The average Bonchev–Trinajstić information content (AvgIpc) is 3.04. The highest BCUT2D eigenvalue weighted by molar-refractivity contribution is 5.68. The first kappa shape index (κ1) is 22.3. The first-order valence-corrected chi connectivity index (χ1v) is 10.5. The molecule has 0 saturated heterocycles. The van der Waals surface area contributed by atoms with E-state index >= 15 is 0 Å². The number of ether oxygens (including phenoxy) is 1. The topological polar surface area (TPSA) is 30.3 Å². The van der Waals surface area contributed by atoms with Gasteiger partial charge in [-0.25, -0.2) is 4.98 Å². The molecule has 160 valence electrons. The highest BCUT2D eigenvalue weighted by Crippen LogP contribution is 2.14. The Morgan fingerprint density at radius 2 is 1.84 bits per heavy atom. The molecule has 3 aromatic rings. The van der Waals surface area contributed by atoms with Gasteiger partial charge in [-0.2, -0.15) is 0 Å². The van der Waals surface area contributed by atoms with Crippen LogP contribution in [0.15, 0.2) is 61.2 Å². The van der Waals surface area contributed by atoms with Crippen LogP contribution in [-0.4, -0.2) is 36.4 Å². The summed E-state index contributed by atoms with van der Waals surface area (Å²) in [7, 11) is 4.06. The summed E-state index contributed by atoms with van der Waals surface area (Å²) in [6.07, 6.45) is 7.98. The second-order valence-corrected chi connectivity index (χ2v) is 7.57. The predicted molar refractivity (Wildman–Crippen MR) is 132 cm³/mol. The van der Waals surface area contributed by atoms with Gasteiger partial charge in [0, 0.05) is 26.3 Å². The van der Waals surface area contributed by atoms with E-state index in [9.17, 15) is 0 Å². The fraction of sp³-hybridized carbons (Fsp3) is 0.222. The minimum Gasteiger partial charge on any atom is -0.376 e. The molecule has 4 heteroatoms. The molecule has 0 saturated carbocycles. The Bertz CT molecular complexity index is 1160. The maximum atomic E-state index is 5.47. The molecule has 0 spiro atoms. The third kappa shape index (κ3) is 5.83. The van der Waals surface area contributed by atoms with Crippen LogP contribution >= 0.6 is 0 Å². The van der Waals surface area contributed by atoms with Crippen LogP contribution in [0.5, 0.6) is 0 Å². The Balaban J connectivity index is 1.76. The number of benzene rings is 2. The SMILES string of the molecule is C=CCOCCN(C)c1ccc(/C=c2\nc(/C=C/c3ccccc3C)n(C)c2=C)cc1. The molecule has 0 unspecified atom stereocenters. The minimum absolute atomic E-state index is 0.585. The van der Waals surface area contributed by atoms with Gasteiger partial charge in [0.25, 0.3) is 0 Å². The molecule has 1 aromatic heterocycles. The van der Waals surface area contributed by atoms with Crippen molar-refractivity contribution in [1.29, 1.82) is 0 Å². The van der Waals surface area contributed by atoms with Crippen LogP contribution in [-0.2, 0) is 11.8 Å². The largest absolute Gasteiger partial charge is 0.376 e. The number of hydrogen-bond acceptors (Lipinski definition) is 3. The Morgan fingerprint density at radius 1 is 1.10 bits per heavy atom. The van der Waals surface area contributed by atoms with E-state index in [1.807, 2.05) is 29.8 Å². The van der Waals surface area contributed by atoms with Crippen molar-refractivity contribution in [2.24, 2.45) is 7.05 Å². The van der Waals surface area contributed by atoms with Gasteiger partial charge in [-0.3, -0.25) is 0 Å². The van der Waals surface area contributed by atoms with Crippen LogP contribution in [0.3, 0.4) is 0 Å². The summed E-state index contributed by atoms with van der Waals surface area (Å²) in [5, 5.41) is 1.77. The smallest absolute Gasteiger partial charge is 0.133 e. The summed E-state index contributed by atoms with van der Waals surface area (Å²) >= 11 is 0. The van der Waals surface area contributed by atoms with Gasteiger partial charge in [0.2, 0.25) is 0 Å². The molecule has 3 rings (SSSR count). The second kappa shape index (κ2) is 10.6. The van der Waals surface area contributed by atoms with Gasteiger partial charge in [0.1, 0.15) is 5.82 Å². The van der Waals surface area contributed by atoms with E-state index in [1.165, 1.54) is 11.1 Å². The minimum atomic E-state index is 0.585. The molecule has 0 radical (unpaired) electrons. The zero-order valence-electron chi connectivity index (χ0n) is 18.7. The standard InChI is InChI=1S/C27H31N3O/c1-6-18-31-19-17-29(4)25-14-11-23(12-15-25)20-26-22(3)30(5)27(28-26)16-13-24-10-8-7-9-21(24)2/h6-16,20H,1,3,17-19H2,2,4-5H3/b16-13+,26-20-. The molecule has 0 N–H and O–H groups in total. The van der Waals surface area contributed by atoms with E-state index in [0.29, 0.717) is 13.2 Å². The number of imidazole rings is 1. The summed E-state index contributed by atoms with van der Waals surface area (Å²) in [6, 6.07) is 16.8. The molecule has 0 aliphatic carbocycles. The number of nitrogens with zero attached hydrogens (tertiary/aromatic N) is 3. The first-order valence-electron chi connectivity index (χ1n) is 10.5. The van der Waals surface area contributed by atoms with Crippen LogP contribution in [0.25, 0.3) is 24.8 Å². The van der Waals surface area contributed by atoms with E-state index in [-0.39, 0.29) is 0 Å². The molecule has 0 aliphatic rings. The summed E-state index contributed by atoms with van der Waals surface area (Å²) < 4.78 is 7.49. The lowest BCUT2D eigenvalue weighted by molar-refractivity contribution is 0.170. The molecule has 2 aromatic carbocycles. The molecule has 0 aliphatic heterocycles. The number of likely N-dealkylation sites (N-methyl/N-ethyl adjacent to an activating group) is 1. The van der Waals surface area contributed by atoms with E-state index in [1.54, 1.807) is 6.08 Å². The van der Waals surface area contributed by atoms with Crippen LogP contribution in [0.4, 0.5) is 5.69 Å². The van der Waals surface area contributed by atoms with Crippen molar-refractivity contribution in [2.45, 2.75) is 6.92 Å². The van der Waals surface area contributed by atoms with Gasteiger partial charge in [-0.15, -0.1) is 6.58 Å². The van der Waals surface area contributed by atoms with Gasteiger partial charge in [-0.1, -0.05) is 55.1 Å². The summed E-state index contributed by atoms with van der Waals surface area (Å²) in [4.78, 5) is 6.96. The Hall–Kier alpha value is -3.37. The zero-order valence-corrected chi connectivity index (χ0v) is 18.7. The number of anilines is 1. The van der Waals surface area contributed by atoms with Crippen molar-refractivity contribution in [2.75, 3.05) is 31.7 Å². The van der Waals surface area contributed by atoms with Crippen molar-refractivity contribution < 1.29 is 4.74 Å². The number of aryl methyl sites for hydroxylation is 1. The third-order valence-corrected chi connectivity index (χ3v) is 5.32. The van der Waals surface area contributed by atoms with Gasteiger partial charge in [0.05, 0.1) is 23.9 Å². The highest BCUT2D eigenvalue weighted by Gasteiger charge is 2.03. The summed E-state index contributed by atoms with van der Waals surface area (Å²) in [6.45, 7) is 12.1. The molecule has 4 nitrogen and oxygen atoms in total. The van der Waals surface area contributed by atoms with Crippen molar-refractivity contribution in [1.82, 2.24) is 9.55 Å². The average molecular weight is 414 g/mol. The van der Waals surface area contributed by atoms with E-state index in [2.05, 4.69) is 80.6 Å². The lowest BCUT2D eigenvalue weighted by atomic mass is 10.1. The van der Waals surface area contributed by atoms with Crippen LogP contribution in [0.1, 0.15) is 22.5 Å². The first-order chi connectivity index (χ1) is 15.0. The molecule has 0 fully saturated rings. The molecule has 0 amide bonds. The van der Waals surface area contributed by atoms with Gasteiger partial charge < -0.3 is 14.2 Å². The fourth-order valence-corrected chi connectivity index (χ4v) is 3.26. The third-order valence-electron chi connectivity index (χ3n) is 5.32. The molecule has 31 heavy (non-hydrogen) atoms. The quantitative estimate of drug-likeness (QED) is 0.395. The Labute approximate surface area is 185 Å². The lowest BCUT2D eigenvalue weighted by Crippen LogP contribution is -2.27. The second-order valence-electron chi connectivity index (χ2n) is 7.57. The maximum Gasteiger partial charge on any atom is 0.133 e. The monoisotopic (exact) mass is 413 g/mol. The normalized spacial score (nSPS) is 11.9. The van der Waals surface area contributed by atoms with Gasteiger partial charge in [0.15, 0.2) is 0 Å². The lowest BCUT2D eigenvalue weighted by Gasteiger charge is -2.19. The molecule has 0 bridgehead atoms. The number of rotatable bonds is 9. The van der Waals surface area contributed by atoms with Crippen molar-refractivity contribution >= 4 is 30.5 Å².